The van der Waals surface area contributed by atoms with Gasteiger partial charge in [-0.2, -0.15) is 5.10 Å². The molecule has 3 heterocycles. The van der Waals surface area contributed by atoms with Crippen LogP contribution in [0.3, 0.4) is 0 Å². The molecule has 0 radical (unpaired) electrons. The molecule has 1 amide bonds. The summed E-state index contributed by atoms with van der Waals surface area (Å²) < 4.78 is 5.04. The van der Waals surface area contributed by atoms with Crippen LogP contribution in [0.15, 0.2) is 36.5 Å². The summed E-state index contributed by atoms with van der Waals surface area (Å²) in [7, 11) is 0. The number of anilines is 4. The Balaban J connectivity index is 1.59. The molecule has 0 saturated carbocycles. The van der Waals surface area contributed by atoms with Crippen molar-refractivity contribution >= 4 is 29.0 Å². The summed E-state index contributed by atoms with van der Waals surface area (Å²) in [6.45, 7) is 3.08. The summed E-state index contributed by atoms with van der Waals surface area (Å²) in [4.78, 5) is 15.8. The molecule has 0 spiro atoms. The number of carbonyl (C=O) groups excluding carboxylic acids is 1. The quantitative estimate of drug-likeness (QED) is 0.932. The number of rotatable bonds is 4. The van der Waals surface area contributed by atoms with E-state index in [1.807, 2.05) is 30.3 Å². The Morgan fingerprint density at radius 1 is 1.12 bits per heavy atom. The van der Waals surface area contributed by atoms with E-state index in [9.17, 15) is 4.79 Å². The van der Waals surface area contributed by atoms with Crippen LogP contribution in [-0.4, -0.2) is 42.5 Å². The molecule has 2 aliphatic heterocycles. The number of hydrogen-bond acceptors (Lipinski definition) is 6. The monoisotopic (exact) mass is 325 g/mol. The second-order valence-corrected chi connectivity index (χ2v) is 5.90. The van der Waals surface area contributed by atoms with E-state index >= 15 is 0 Å². The van der Waals surface area contributed by atoms with Crippen LogP contribution in [0, 0.1) is 0 Å². The van der Waals surface area contributed by atoms with Gasteiger partial charge in [-0.25, -0.2) is 4.79 Å². The van der Waals surface area contributed by atoms with E-state index < -0.39 is 0 Å². The van der Waals surface area contributed by atoms with Crippen LogP contribution in [0.1, 0.15) is 12.8 Å². The van der Waals surface area contributed by atoms with E-state index in [-0.39, 0.29) is 6.09 Å². The number of para-hydroxylation sites is 2. The maximum absolute atomic E-state index is 11.8. The van der Waals surface area contributed by atoms with Crippen molar-refractivity contribution in [3.8, 4) is 0 Å². The average Bonchev–Trinajstić information content (AvgIpc) is 3.27. The third-order valence-electron chi connectivity index (χ3n) is 4.33. The minimum Gasteiger partial charge on any atom is -0.447 e. The fourth-order valence-corrected chi connectivity index (χ4v) is 3.13. The lowest BCUT2D eigenvalue weighted by Gasteiger charge is -2.19. The van der Waals surface area contributed by atoms with Crippen molar-refractivity contribution in [3.05, 3.63) is 36.5 Å². The zero-order valence-electron chi connectivity index (χ0n) is 13.3. The van der Waals surface area contributed by atoms with Gasteiger partial charge in [0.2, 0.25) is 0 Å². The van der Waals surface area contributed by atoms with Crippen molar-refractivity contribution in [1.82, 2.24) is 10.2 Å². The first kappa shape index (κ1) is 14.7. The first-order valence-corrected chi connectivity index (χ1v) is 8.19. The molecule has 2 aromatic rings. The van der Waals surface area contributed by atoms with Gasteiger partial charge < -0.3 is 15.0 Å². The highest BCUT2D eigenvalue weighted by molar-refractivity contribution is 5.94. The number of nitrogens with zero attached hydrogens (tertiary/aromatic N) is 4. The highest BCUT2D eigenvalue weighted by atomic mass is 16.6. The van der Waals surface area contributed by atoms with Crippen LogP contribution in [0.2, 0.25) is 0 Å². The largest absolute Gasteiger partial charge is 0.447 e. The van der Waals surface area contributed by atoms with Crippen LogP contribution >= 0.6 is 0 Å². The van der Waals surface area contributed by atoms with Gasteiger partial charge in [0.15, 0.2) is 5.82 Å². The molecule has 4 rings (SSSR count). The fourth-order valence-electron chi connectivity index (χ4n) is 3.13. The summed E-state index contributed by atoms with van der Waals surface area (Å²) in [5.41, 5.74) is 2.67. The molecule has 0 atom stereocenters. The number of cyclic esters (lactones) is 1. The number of benzene rings is 1. The predicted octanol–water partition coefficient (Wildman–Crippen LogP) is 2.78. The fraction of sp³-hybridized carbons (Fsp3) is 0.353. The van der Waals surface area contributed by atoms with Gasteiger partial charge in [0.25, 0.3) is 0 Å². The van der Waals surface area contributed by atoms with Crippen LogP contribution in [-0.2, 0) is 4.74 Å². The number of nitrogens with one attached hydrogen (secondary N) is 1. The molecule has 0 aliphatic carbocycles. The number of hydrogen-bond donors (Lipinski definition) is 1. The first-order chi connectivity index (χ1) is 11.8. The maximum atomic E-state index is 11.8. The van der Waals surface area contributed by atoms with Crippen LogP contribution in [0.4, 0.5) is 27.7 Å². The van der Waals surface area contributed by atoms with E-state index in [1.165, 1.54) is 12.8 Å². The van der Waals surface area contributed by atoms with Gasteiger partial charge in [0.1, 0.15) is 6.61 Å². The average molecular weight is 325 g/mol. The van der Waals surface area contributed by atoms with E-state index in [0.29, 0.717) is 19.0 Å². The van der Waals surface area contributed by atoms with Gasteiger partial charge in [0.05, 0.1) is 29.8 Å². The highest BCUT2D eigenvalue weighted by Gasteiger charge is 2.25. The molecular formula is C17H19N5O2. The van der Waals surface area contributed by atoms with Gasteiger partial charge in [-0.05, 0) is 25.0 Å². The Kier molecular flexibility index (Phi) is 3.90. The maximum Gasteiger partial charge on any atom is 0.414 e. The second kappa shape index (κ2) is 6.35. The molecule has 0 bridgehead atoms. The topological polar surface area (TPSA) is 70.6 Å². The van der Waals surface area contributed by atoms with Crippen molar-refractivity contribution in [3.63, 3.8) is 0 Å². The summed E-state index contributed by atoms with van der Waals surface area (Å²) in [6, 6.07) is 9.64. The van der Waals surface area contributed by atoms with Gasteiger partial charge in [-0.3, -0.25) is 4.90 Å². The van der Waals surface area contributed by atoms with Crippen molar-refractivity contribution in [1.29, 1.82) is 0 Å². The molecule has 24 heavy (non-hydrogen) atoms. The lowest BCUT2D eigenvalue weighted by Crippen LogP contribution is -2.24. The van der Waals surface area contributed by atoms with Crippen molar-refractivity contribution in [2.24, 2.45) is 0 Å². The SMILES string of the molecule is O=C1OCCN1c1ccccc1Nc1cc(N2CCCC2)cnn1. The van der Waals surface area contributed by atoms with Gasteiger partial charge >= 0.3 is 6.09 Å². The third kappa shape index (κ3) is 2.84. The molecule has 7 heteroatoms. The van der Waals surface area contributed by atoms with E-state index in [1.54, 1.807) is 11.1 Å². The molecular weight excluding hydrogens is 306 g/mol. The lowest BCUT2D eigenvalue weighted by molar-refractivity contribution is 0.181. The number of amides is 1. The van der Waals surface area contributed by atoms with E-state index in [0.717, 1.165) is 30.2 Å². The zero-order chi connectivity index (χ0) is 16.4. The molecule has 1 aromatic carbocycles. The van der Waals surface area contributed by atoms with Gasteiger partial charge in [-0.15, -0.1) is 5.10 Å². The summed E-state index contributed by atoms with van der Waals surface area (Å²) in [6.07, 6.45) is 3.90. The minimum absolute atomic E-state index is 0.318. The second-order valence-electron chi connectivity index (χ2n) is 5.90. The van der Waals surface area contributed by atoms with Gasteiger partial charge in [0, 0.05) is 19.2 Å². The third-order valence-corrected chi connectivity index (χ3v) is 4.33. The van der Waals surface area contributed by atoms with Crippen LogP contribution in [0.5, 0.6) is 0 Å². The molecule has 2 fully saturated rings. The van der Waals surface area contributed by atoms with Crippen LogP contribution < -0.4 is 15.1 Å². The van der Waals surface area contributed by atoms with Crippen molar-refractivity contribution in [2.45, 2.75) is 12.8 Å². The standard InChI is InChI=1S/C17H19N5O2/c23-17-22(9-10-24-17)15-6-2-1-5-14(15)19-16-11-13(12-18-20-16)21-7-3-4-8-21/h1-2,5-6,11-12H,3-4,7-10H2,(H,19,20). The van der Waals surface area contributed by atoms with E-state index in [4.69, 9.17) is 4.74 Å². The summed E-state index contributed by atoms with van der Waals surface area (Å²) in [5, 5.41) is 11.6. The number of aromatic nitrogens is 2. The summed E-state index contributed by atoms with van der Waals surface area (Å²) in [5.74, 6) is 0.666. The first-order valence-electron chi connectivity index (χ1n) is 8.19. The molecule has 1 N–H and O–H groups in total. The van der Waals surface area contributed by atoms with Crippen molar-refractivity contribution < 1.29 is 9.53 Å². The van der Waals surface area contributed by atoms with E-state index in [2.05, 4.69) is 20.4 Å². The normalized spacial score (nSPS) is 17.2. The lowest BCUT2D eigenvalue weighted by atomic mass is 10.2. The van der Waals surface area contributed by atoms with Crippen molar-refractivity contribution in [2.75, 3.05) is 41.4 Å². The smallest absolute Gasteiger partial charge is 0.414 e. The summed E-state index contributed by atoms with van der Waals surface area (Å²) >= 11 is 0. The molecule has 2 saturated heterocycles. The Morgan fingerprint density at radius 2 is 1.96 bits per heavy atom. The number of ether oxygens (including phenoxy) is 1. The molecule has 2 aliphatic rings. The number of carbonyl (C=O) groups is 1. The Hall–Kier alpha value is -2.83. The van der Waals surface area contributed by atoms with Gasteiger partial charge in [-0.1, -0.05) is 12.1 Å². The molecule has 124 valence electrons. The Morgan fingerprint density at radius 3 is 2.75 bits per heavy atom. The minimum atomic E-state index is -0.318. The Labute approximate surface area is 140 Å². The van der Waals surface area contributed by atoms with Crippen LogP contribution in [0.25, 0.3) is 0 Å². The Bertz CT molecular complexity index is 745. The molecule has 1 aromatic heterocycles. The molecule has 7 nitrogen and oxygen atoms in total. The predicted molar refractivity (Wildman–Crippen MR) is 91.9 cm³/mol. The molecule has 0 unspecified atom stereocenters. The zero-order valence-corrected chi connectivity index (χ0v) is 13.3. The highest BCUT2D eigenvalue weighted by Crippen LogP contribution is 2.31.